The number of carboxylic acid groups (broad SMARTS) is 1. The maximum absolute atomic E-state index is 11.3. The summed E-state index contributed by atoms with van der Waals surface area (Å²) in [7, 11) is 0. The van der Waals surface area contributed by atoms with Crippen molar-refractivity contribution in [2.75, 3.05) is 106 Å². The summed E-state index contributed by atoms with van der Waals surface area (Å²) in [5.41, 5.74) is 0. The Bertz CT molecular complexity index is 494. The van der Waals surface area contributed by atoms with E-state index in [0.717, 1.165) is 0 Å². The van der Waals surface area contributed by atoms with Crippen LogP contribution < -0.4 is 5.32 Å². The van der Waals surface area contributed by atoms with Crippen LogP contribution in [0.15, 0.2) is 12.8 Å². The number of carboxylic acids is 1. The Morgan fingerprint density at radius 2 is 0.971 bits per heavy atom. The zero-order chi connectivity index (χ0) is 25.7. The van der Waals surface area contributed by atoms with Crippen LogP contribution in [0.4, 0.5) is 0 Å². The van der Waals surface area contributed by atoms with Crippen LogP contribution in [-0.4, -0.2) is 123 Å². The number of carbonyl (C=O) groups is 2. The third-order valence-electron chi connectivity index (χ3n) is 4.05. The fourth-order valence-corrected chi connectivity index (χ4v) is 2.32. The van der Waals surface area contributed by atoms with E-state index in [9.17, 15) is 9.59 Å². The van der Waals surface area contributed by atoms with E-state index in [2.05, 4.69) is 11.9 Å². The van der Waals surface area contributed by atoms with Crippen molar-refractivity contribution in [2.24, 2.45) is 0 Å². The predicted molar refractivity (Wildman–Crippen MR) is 126 cm³/mol. The molecule has 1 amide bonds. The topological polar surface area (TPSA) is 140 Å². The highest BCUT2D eigenvalue weighted by atomic mass is 16.6. The highest BCUT2D eigenvalue weighted by Crippen LogP contribution is 1.90. The Morgan fingerprint density at radius 1 is 0.600 bits per heavy atom. The number of amides is 1. The van der Waals surface area contributed by atoms with Gasteiger partial charge in [-0.25, -0.2) is 0 Å². The lowest BCUT2D eigenvalue weighted by atomic mass is 10.3. The van der Waals surface area contributed by atoms with Gasteiger partial charge in [0.1, 0.15) is 6.61 Å². The molecule has 12 nitrogen and oxygen atoms in total. The number of hydrogen-bond acceptors (Lipinski definition) is 10. The average Bonchev–Trinajstić information content (AvgIpc) is 2.85. The summed E-state index contributed by atoms with van der Waals surface area (Å²) in [6, 6.07) is 0. The van der Waals surface area contributed by atoms with Crippen molar-refractivity contribution in [2.45, 2.75) is 19.3 Å². The minimum absolute atomic E-state index is 0.00556. The summed E-state index contributed by atoms with van der Waals surface area (Å²) in [6.45, 7) is 11.3. The van der Waals surface area contributed by atoms with Gasteiger partial charge in [-0.05, 0) is 6.42 Å². The predicted octanol–water partition coefficient (Wildman–Crippen LogP) is 0.634. The Labute approximate surface area is 208 Å². The normalized spacial score (nSPS) is 10.9. The van der Waals surface area contributed by atoms with Crippen LogP contribution in [0, 0.1) is 0 Å². The molecule has 0 saturated carbocycles. The minimum atomic E-state index is -0.980. The van der Waals surface area contributed by atoms with Crippen molar-refractivity contribution in [3.8, 4) is 0 Å². The molecule has 12 heteroatoms. The fourth-order valence-electron chi connectivity index (χ4n) is 2.32. The molecule has 0 unspecified atom stereocenters. The fraction of sp³-hybridized carbons (Fsp3) is 0.826. The Morgan fingerprint density at radius 3 is 1.34 bits per heavy atom. The third-order valence-corrected chi connectivity index (χ3v) is 4.05. The maximum atomic E-state index is 11.3. The molecule has 0 spiro atoms. The van der Waals surface area contributed by atoms with Gasteiger partial charge in [-0.2, -0.15) is 0 Å². The van der Waals surface area contributed by atoms with Crippen molar-refractivity contribution in [3.05, 3.63) is 12.8 Å². The number of ether oxygens (including phenoxy) is 8. The van der Waals surface area contributed by atoms with Gasteiger partial charge in [0.2, 0.25) is 5.91 Å². The lowest BCUT2D eigenvalue weighted by Gasteiger charge is -2.08. The van der Waals surface area contributed by atoms with Crippen molar-refractivity contribution < 1.29 is 52.6 Å². The second kappa shape index (κ2) is 28.4. The van der Waals surface area contributed by atoms with Crippen molar-refractivity contribution >= 4 is 11.9 Å². The summed E-state index contributed by atoms with van der Waals surface area (Å²) in [5.74, 6) is -1.24. The van der Waals surface area contributed by atoms with Crippen LogP contribution in [0.3, 0.4) is 0 Å². The van der Waals surface area contributed by atoms with E-state index < -0.39 is 5.97 Å². The average molecular weight is 510 g/mol. The molecule has 0 atom stereocenters. The van der Waals surface area contributed by atoms with E-state index >= 15 is 0 Å². The smallest absolute Gasteiger partial charge is 0.303 e. The lowest BCUT2D eigenvalue weighted by molar-refractivity contribution is -0.138. The first-order valence-electron chi connectivity index (χ1n) is 11.9. The first-order chi connectivity index (χ1) is 17.2. The van der Waals surface area contributed by atoms with Gasteiger partial charge in [-0.15, -0.1) is 0 Å². The summed E-state index contributed by atoms with van der Waals surface area (Å²) in [4.78, 5) is 21.7. The quantitative estimate of drug-likeness (QED) is 0.108. The Hall–Kier alpha value is -1.80. The molecule has 2 N–H and O–H groups in total. The molecule has 0 heterocycles. The highest BCUT2D eigenvalue weighted by molar-refractivity contribution is 5.80. The molecule has 0 aromatic heterocycles. The number of rotatable bonds is 29. The number of hydrogen-bond donors (Lipinski definition) is 2. The zero-order valence-electron chi connectivity index (χ0n) is 20.7. The van der Waals surface area contributed by atoms with Crippen molar-refractivity contribution in [1.29, 1.82) is 0 Å². The second-order valence-corrected chi connectivity index (χ2v) is 6.92. The van der Waals surface area contributed by atoms with E-state index in [4.69, 9.17) is 43.0 Å². The Kier molecular flexibility index (Phi) is 27.0. The third kappa shape index (κ3) is 30.2. The van der Waals surface area contributed by atoms with Gasteiger partial charge >= 0.3 is 5.97 Å². The largest absolute Gasteiger partial charge is 0.499 e. The molecule has 0 bridgehead atoms. The molecular formula is C23H43NO11. The number of nitrogens with one attached hydrogen (secondary N) is 1. The van der Waals surface area contributed by atoms with Crippen LogP contribution >= 0.6 is 0 Å². The van der Waals surface area contributed by atoms with Crippen LogP contribution in [0.1, 0.15) is 19.3 Å². The first-order valence-corrected chi connectivity index (χ1v) is 11.9. The van der Waals surface area contributed by atoms with E-state index in [1.54, 1.807) is 0 Å². The SMILES string of the molecule is C=COCCOCCOCCOCCOCCOCCOCCOCCCNC(=O)CCC(=O)O. The van der Waals surface area contributed by atoms with Gasteiger partial charge in [0.25, 0.3) is 0 Å². The molecule has 0 aliphatic carbocycles. The molecular weight excluding hydrogens is 466 g/mol. The molecule has 0 saturated heterocycles. The molecule has 0 radical (unpaired) electrons. The van der Waals surface area contributed by atoms with Crippen molar-refractivity contribution in [1.82, 2.24) is 5.32 Å². The summed E-state index contributed by atoms with van der Waals surface area (Å²) < 4.78 is 42.6. The van der Waals surface area contributed by atoms with E-state index in [-0.39, 0.29) is 18.7 Å². The van der Waals surface area contributed by atoms with E-state index in [1.807, 2.05) is 0 Å². The summed E-state index contributed by atoms with van der Waals surface area (Å²) >= 11 is 0. The van der Waals surface area contributed by atoms with Gasteiger partial charge in [0.15, 0.2) is 0 Å². The van der Waals surface area contributed by atoms with Gasteiger partial charge in [0, 0.05) is 19.6 Å². The molecule has 35 heavy (non-hydrogen) atoms. The molecule has 0 aliphatic rings. The van der Waals surface area contributed by atoms with Crippen molar-refractivity contribution in [3.63, 3.8) is 0 Å². The van der Waals surface area contributed by atoms with Gasteiger partial charge < -0.3 is 48.3 Å². The molecule has 0 rings (SSSR count). The number of aliphatic carboxylic acids is 1. The lowest BCUT2D eigenvalue weighted by Crippen LogP contribution is -2.25. The maximum Gasteiger partial charge on any atom is 0.303 e. The molecule has 0 fully saturated rings. The van der Waals surface area contributed by atoms with Gasteiger partial charge in [0.05, 0.1) is 98.6 Å². The zero-order valence-corrected chi connectivity index (χ0v) is 20.7. The van der Waals surface area contributed by atoms with Crippen LogP contribution in [0.2, 0.25) is 0 Å². The summed E-state index contributed by atoms with van der Waals surface area (Å²) in [6.07, 6.45) is 1.88. The van der Waals surface area contributed by atoms with Gasteiger partial charge in [-0.3, -0.25) is 9.59 Å². The molecule has 0 aliphatic heterocycles. The van der Waals surface area contributed by atoms with Gasteiger partial charge in [-0.1, -0.05) is 6.58 Å². The monoisotopic (exact) mass is 509 g/mol. The van der Waals surface area contributed by atoms with Crippen LogP contribution in [-0.2, 0) is 47.5 Å². The molecule has 0 aromatic rings. The number of carbonyl (C=O) groups excluding carboxylic acids is 1. The van der Waals surface area contributed by atoms with E-state index in [1.165, 1.54) is 6.26 Å². The van der Waals surface area contributed by atoms with Crippen LogP contribution in [0.5, 0.6) is 0 Å². The Balaban J connectivity index is 3.08. The first kappa shape index (κ1) is 33.2. The molecule has 0 aromatic carbocycles. The van der Waals surface area contributed by atoms with Crippen LogP contribution in [0.25, 0.3) is 0 Å². The minimum Gasteiger partial charge on any atom is -0.499 e. The second-order valence-electron chi connectivity index (χ2n) is 6.92. The van der Waals surface area contributed by atoms with E-state index in [0.29, 0.717) is 112 Å². The summed E-state index contributed by atoms with van der Waals surface area (Å²) in [5, 5.41) is 11.1. The standard InChI is InChI=1S/C23H43NO11/c1-2-28-8-9-30-12-13-32-16-17-34-20-21-35-19-18-33-15-14-31-11-10-29-7-3-6-24-22(25)4-5-23(26)27/h2H,1,3-21H2,(H,24,25)(H,26,27). The molecule has 206 valence electrons. The highest BCUT2D eigenvalue weighted by Gasteiger charge is 2.04.